The number of nitrogens with one attached hydrogen (secondary N) is 2. The van der Waals surface area contributed by atoms with Gasteiger partial charge in [0.2, 0.25) is 0 Å². The van der Waals surface area contributed by atoms with E-state index in [1.165, 1.54) is 12.0 Å². The normalized spacial score (nSPS) is 25.2. The Kier molecular flexibility index (Phi) is 6.07. The van der Waals surface area contributed by atoms with Crippen molar-refractivity contribution in [3.63, 3.8) is 0 Å². The molecule has 28 heavy (non-hydrogen) atoms. The van der Waals surface area contributed by atoms with Crippen molar-refractivity contribution in [2.75, 3.05) is 19.6 Å². The summed E-state index contributed by atoms with van der Waals surface area (Å²) in [5.41, 5.74) is 8.99. The van der Waals surface area contributed by atoms with Crippen molar-refractivity contribution in [2.24, 2.45) is 11.8 Å². The molecule has 0 saturated carbocycles. The van der Waals surface area contributed by atoms with Gasteiger partial charge in [0.25, 0.3) is 5.91 Å². The maximum absolute atomic E-state index is 13.1. The van der Waals surface area contributed by atoms with Crippen LogP contribution in [0.15, 0.2) is 42.6 Å². The summed E-state index contributed by atoms with van der Waals surface area (Å²) in [6.07, 6.45) is 6.02. The summed E-state index contributed by atoms with van der Waals surface area (Å²) in [5.74, 6) is 1.15. The van der Waals surface area contributed by atoms with Crippen LogP contribution in [0.4, 0.5) is 0 Å². The smallest absolute Gasteiger partial charge is 0.272 e. The molecule has 6 nitrogen and oxygen atoms in total. The van der Waals surface area contributed by atoms with E-state index in [1.807, 2.05) is 15.6 Å². The third kappa shape index (κ3) is 4.13. The highest BCUT2D eigenvalue weighted by molar-refractivity contribution is 5.92. The highest BCUT2D eigenvalue weighted by Gasteiger charge is 2.37. The molecule has 2 saturated heterocycles. The van der Waals surface area contributed by atoms with Crippen molar-refractivity contribution in [1.29, 1.82) is 0 Å². The number of carbonyl (C=O) groups excluding carboxylic acids is 1. The molecule has 0 aliphatic carbocycles. The van der Waals surface area contributed by atoms with E-state index in [9.17, 15) is 4.79 Å². The van der Waals surface area contributed by atoms with Crippen LogP contribution < -0.4 is 10.9 Å². The molecule has 3 atom stereocenters. The van der Waals surface area contributed by atoms with Crippen LogP contribution in [0.25, 0.3) is 0 Å². The van der Waals surface area contributed by atoms with Gasteiger partial charge in [0.15, 0.2) is 0 Å². The average molecular weight is 382 g/mol. The van der Waals surface area contributed by atoms with E-state index in [0.29, 0.717) is 17.9 Å². The van der Waals surface area contributed by atoms with Gasteiger partial charge in [-0.25, -0.2) is 0 Å². The number of likely N-dealkylation sites (tertiary alicyclic amines) is 1. The predicted octanol–water partition coefficient (Wildman–Crippen LogP) is 2.48. The van der Waals surface area contributed by atoms with Crippen molar-refractivity contribution >= 4 is 5.91 Å². The minimum Gasteiger partial charge on any atom is -0.337 e. The van der Waals surface area contributed by atoms with Crippen LogP contribution in [0.3, 0.4) is 0 Å². The lowest BCUT2D eigenvalue weighted by Crippen LogP contribution is -2.49. The van der Waals surface area contributed by atoms with Crippen LogP contribution in [-0.4, -0.2) is 46.3 Å². The number of hydrogen-bond donors (Lipinski definition) is 2. The maximum Gasteiger partial charge on any atom is 0.272 e. The Hall–Kier alpha value is -2.18. The maximum atomic E-state index is 13.1. The van der Waals surface area contributed by atoms with Gasteiger partial charge < -0.3 is 4.90 Å². The Morgan fingerprint density at radius 3 is 2.93 bits per heavy atom. The Morgan fingerprint density at radius 1 is 1.25 bits per heavy atom. The van der Waals surface area contributed by atoms with Gasteiger partial charge in [-0.05, 0) is 49.1 Å². The molecule has 4 rings (SSSR count). The van der Waals surface area contributed by atoms with Crippen LogP contribution in [0.1, 0.15) is 42.2 Å². The van der Waals surface area contributed by atoms with Gasteiger partial charge in [0, 0.05) is 38.4 Å². The van der Waals surface area contributed by atoms with Gasteiger partial charge in [-0.2, -0.15) is 5.10 Å². The molecular weight excluding hydrogens is 350 g/mol. The molecule has 3 heterocycles. The number of aryl methyl sites for hydroxylation is 1. The van der Waals surface area contributed by atoms with Gasteiger partial charge in [0.05, 0.1) is 0 Å². The van der Waals surface area contributed by atoms with E-state index in [4.69, 9.17) is 0 Å². The molecule has 0 spiro atoms. The highest BCUT2D eigenvalue weighted by atomic mass is 16.2. The number of nitrogens with zero attached hydrogens (tertiary/aromatic N) is 3. The summed E-state index contributed by atoms with van der Waals surface area (Å²) in [5, 5.41) is 4.32. The SMILES string of the molecule is CCCn1nccc1C(=O)N1CCCC(C2NNCC2Cc2ccccc2)C1. The molecular formula is C22H31N5O. The minimum absolute atomic E-state index is 0.126. The lowest BCUT2D eigenvalue weighted by molar-refractivity contribution is 0.0622. The van der Waals surface area contributed by atoms with Gasteiger partial charge in [0.1, 0.15) is 5.69 Å². The zero-order valence-electron chi connectivity index (χ0n) is 16.7. The van der Waals surface area contributed by atoms with Crippen LogP contribution in [-0.2, 0) is 13.0 Å². The average Bonchev–Trinajstić information content (AvgIpc) is 3.38. The van der Waals surface area contributed by atoms with E-state index in [1.54, 1.807) is 6.20 Å². The predicted molar refractivity (Wildman–Crippen MR) is 110 cm³/mol. The molecule has 2 fully saturated rings. The number of hydrazine groups is 1. The number of carbonyl (C=O) groups is 1. The zero-order chi connectivity index (χ0) is 19.3. The molecule has 2 N–H and O–H groups in total. The van der Waals surface area contributed by atoms with Gasteiger partial charge in [-0.3, -0.25) is 20.3 Å². The zero-order valence-corrected chi connectivity index (χ0v) is 16.7. The standard InChI is InChI=1S/C22H31N5O/c1-2-12-27-20(10-11-24-27)22(28)26-13-6-9-18(16-26)21-19(15-23-25-21)14-17-7-4-3-5-8-17/h3-5,7-8,10-11,18-19,21,23,25H,2,6,9,12-16H2,1H3. The first-order valence-electron chi connectivity index (χ1n) is 10.6. The lowest BCUT2D eigenvalue weighted by atomic mass is 9.81. The largest absolute Gasteiger partial charge is 0.337 e. The third-order valence-electron chi connectivity index (χ3n) is 6.11. The summed E-state index contributed by atoms with van der Waals surface area (Å²) >= 11 is 0. The first kappa shape index (κ1) is 19.2. The second-order valence-corrected chi connectivity index (χ2v) is 8.09. The van der Waals surface area contributed by atoms with E-state index < -0.39 is 0 Å². The van der Waals surface area contributed by atoms with Crippen LogP contribution in [0, 0.1) is 11.8 Å². The Bertz CT molecular complexity index is 774. The first-order chi connectivity index (χ1) is 13.8. The van der Waals surface area contributed by atoms with E-state index in [2.05, 4.69) is 53.2 Å². The molecule has 0 bridgehead atoms. The topological polar surface area (TPSA) is 62.2 Å². The Balaban J connectivity index is 1.43. The highest BCUT2D eigenvalue weighted by Crippen LogP contribution is 2.28. The van der Waals surface area contributed by atoms with E-state index in [0.717, 1.165) is 51.1 Å². The lowest BCUT2D eigenvalue weighted by Gasteiger charge is -2.37. The molecule has 1 aromatic carbocycles. The number of hydrogen-bond acceptors (Lipinski definition) is 4. The monoisotopic (exact) mass is 381 g/mol. The molecule has 1 aromatic heterocycles. The first-order valence-corrected chi connectivity index (χ1v) is 10.6. The summed E-state index contributed by atoms with van der Waals surface area (Å²) in [6.45, 7) is 5.54. The number of piperidine rings is 1. The number of rotatable bonds is 6. The molecule has 2 aromatic rings. The molecule has 2 aliphatic rings. The van der Waals surface area contributed by atoms with Crippen molar-refractivity contribution in [2.45, 2.75) is 45.2 Å². The van der Waals surface area contributed by atoms with Crippen LogP contribution >= 0.6 is 0 Å². The number of amides is 1. The molecule has 2 aliphatic heterocycles. The van der Waals surface area contributed by atoms with Crippen LogP contribution in [0.2, 0.25) is 0 Å². The third-order valence-corrected chi connectivity index (χ3v) is 6.11. The van der Waals surface area contributed by atoms with E-state index >= 15 is 0 Å². The van der Waals surface area contributed by atoms with Gasteiger partial charge in [-0.15, -0.1) is 0 Å². The van der Waals surface area contributed by atoms with Crippen molar-refractivity contribution in [3.05, 3.63) is 53.9 Å². The van der Waals surface area contributed by atoms with Crippen molar-refractivity contribution in [3.8, 4) is 0 Å². The summed E-state index contributed by atoms with van der Waals surface area (Å²) < 4.78 is 1.85. The number of aromatic nitrogens is 2. The molecule has 0 radical (unpaired) electrons. The van der Waals surface area contributed by atoms with Crippen molar-refractivity contribution < 1.29 is 4.79 Å². The molecule has 6 heteroatoms. The van der Waals surface area contributed by atoms with Crippen molar-refractivity contribution in [1.82, 2.24) is 25.5 Å². The molecule has 150 valence electrons. The fraction of sp³-hybridized carbons (Fsp3) is 0.545. The van der Waals surface area contributed by atoms with Gasteiger partial charge in [-0.1, -0.05) is 37.3 Å². The van der Waals surface area contributed by atoms with Gasteiger partial charge >= 0.3 is 0 Å². The van der Waals surface area contributed by atoms with E-state index in [-0.39, 0.29) is 5.91 Å². The minimum atomic E-state index is 0.126. The second-order valence-electron chi connectivity index (χ2n) is 8.09. The molecule has 1 amide bonds. The Morgan fingerprint density at radius 2 is 2.11 bits per heavy atom. The molecule has 3 unspecified atom stereocenters. The summed E-state index contributed by atoms with van der Waals surface area (Å²) in [4.78, 5) is 15.2. The summed E-state index contributed by atoms with van der Waals surface area (Å²) in [7, 11) is 0. The fourth-order valence-electron chi connectivity index (χ4n) is 4.73. The second kappa shape index (κ2) is 8.88. The summed E-state index contributed by atoms with van der Waals surface area (Å²) in [6, 6.07) is 13.0. The van der Waals surface area contributed by atoms with Crippen LogP contribution in [0.5, 0.6) is 0 Å². The number of benzene rings is 1. The quantitative estimate of drug-likeness (QED) is 0.807. The fourth-order valence-corrected chi connectivity index (χ4v) is 4.73. The Labute approximate surface area is 167 Å².